The number of benzene rings is 1. The molecule has 0 amide bonds. The molecule has 0 aliphatic carbocycles. The van der Waals surface area contributed by atoms with Gasteiger partial charge in [-0.1, -0.05) is 0 Å². The van der Waals surface area contributed by atoms with Crippen LogP contribution in [0.1, 0.15) is 6.42 Å². The lowest BCUT2D eigenvalue weighted by molar-refractivity contribution is 0.167. The van der Waals surface area contributed by atoms with Gasteiger partial charge in [0.1, 0.15) is 5.75 Å². The van der Waals surface area contributed by atoms with E-state index in [0.717, 1.165) is 13.0 Å². The maximum absolute atomic E-state index is 13.3. The summed E-state index contributed by atoms with van der Waals surface area (Å²) in [7, 11) is 1.41. The summed E-state index contributed by atoms with van der Waals surface area (Å²) in [6, 6.07) is 2.68. The van der Waals surface area contributed by atoms with Crippen molar-refractivity contribution >= 4 is 5.69 Å². The molecule has 0 saturated carbocycles. The van der Waals surface area contributed by atoms with Gasteiger partial charge in [-0.3, -0.25) is 0 Å². The lowest BCUT2D eigenvalue weighted by atomic mass is 10.1. The molecule has 5 heteroatoms. The van der Waals surface area contributed by atoms with Gasteiger partial charge in [-0.15, -0.1) is 0 Å². The molecule has 1 atom stereocenters. The first-order valence-electron chi connectivity index (χ1n) is 5.54. The van der Waals surface area contributed by atoms with Gasteiger partial charge >= 0.3 is 0 Å². The lowest BCUT2D eigenvalue weighted by Crippen LogP contribution is -2.12. The van der Waals surface area contributed by atoms with Crippen molar-refractivity contribution in [1.29, 1.82) is 0 Å². The largest absolute Gasteiger partial charge is 0.494 e. The minimum Gasteiger partial charge on any atom is -0.494 e. The molecule has 1 aliphatic heterocycles. The first-order chi connectivity index (χ1) is 8.20. The van der Waals surface area contributed by atoms with E-state index in [1.165, 1.54) is 19.2 Å². The Balaban J connectivity index is 2.03. The normalized spacial score (nSPS) is 19.3. The van der Waals surface area contributed by atoms with Gasteiger partial charge in [0.25, 0.3) is 0 Å². The molecule has 0 bridgehead atoms. The Kier molecular flexibility index (Phi) is 3.68. The maximum Gasteiger partial charge on any atom is 0.167 e. The van der Waals surface area contributed by atoms with Crippen LogP contribution in [0.3, 0.4) is 0 Å². The van der Waals surface area contributed by atoms with E-state index in [4.69, 9.17) is 19.9 Å². The van der Waals surface area contributed by atoms with Crippen LogP contribution in [0.15, 0.2) is 12.1 Å². The fraction of sp³-hybridized carbons (Fsp3) is 0.500. The Bertz CT molecular complexity index is 392. The standard InChI is InChI=1S/C12H16FNO3/c1-15-11-5-12(10(14)4-9(11)13)17-7-8-2-3-16-6-8/h4-5,8H,2-3,6-7,14H2,1H3. The second-order valence-corrected chi connectivity index (χ2v) is 4.07. The zero-order valence-electron chi connectivity index (χ0n) is 9.74. The van der Waals surface area contributed by atoms with Crippen molar-refractivity contribution in [3.05, 3.63) is 17.9 Å². The summed E-state index contributed by atoms with van der Waals surface area (Å²) in [5, 5.41) is 0. The van der Waals surface area contributed by atoms with Crippen LogP contribution in [0.2, 0.25) is 0 Å². The summed E-state index contributed by atoms with van der Waals surface area (Å²) >= 11 is 0. The van der Waals surface area contributed by atoms with Crippen LogP contribution in [0.5, 0.6) is 11.5 Å². The molecule has 1 saturated heterocycles. The van der Waals surface area contributed by atoms with E-state index in [2.05, 4.69) is 0 Å². The molecule has 17 heavy (non-hydrogen) atoms. The van der Waals surface area contributed by atoms with Gasteiger partial charge in [-0.25, -0.2) is 4.39 Å². The highest BCUT2D eigenvalue weighted by Crippen LogP contribution is 2.30. The summed E-state index contributed by atoms with van der Waals surface area (Å²) in [6.45, 7) is 2.01. The molecule has 4 nitrogen and oxygen atoms in total. The fourth-order valence-corrected chi connectivity index (χ4v) is 1.75. The number of hydrogen-bond donors (Lipinski definition) is 1. The number of hydrogen-bond acceptors (Lipinski definition) is 4. The summed E-state index contributed by atoms with van der Waals surface area (Å²) in [4.78, 5) is 0. The molecular weight excluding hydrogens is 225 g/mol. The third kappa shape index (κ3) is 2.79. The highest BCUT2D eigenvalue weighted by Gasteiger charge is 2.17. The number of nitrogen functional groups attached to an aromatic ring is 1. The van der Waals surface area contributed by atoms with Crippen molar-refractivity contribution in [2.24, 2.45) is 5.92 Å². The van der Waals surface area contributed by atoms with Crippen molar-refractivity contribution in [3.63, 3.8) is 0 Å². The molecule has 1 aromatic carbocycles. The average Bonchev–Trinajstić information content (AvgIpc) is 2.81. The number of methoxy groups -OCH3 is 1. The monoisotopic (exact) mass is 241 g/mol. The number of nitrogens with two attached hydrogens (primary N) is 1. The first-order valence-corrected chi connectivity index (χ1v) is 5.54. The van der Waals surface area contributed by atoms with Gasteiger partial charge in [-0.05, 0) is 6.42 Å². The minimum absolute atomic E-state index is 0.136. The minimum atomic E-state index is -0.485. The third-order valence-electron chi connectivity index (χ3n) is 2.78. The Morgan fingerprint density at radius 2 is 2.29 bits per heavy atom. The van der Waals surface area contributed by atoms with Crippen LogP contribution < -0.4 is 15.2 Å². The van der Waals surface area contributed by atoms with Crippen LogP contribution >= 0.6 is 0 Å². The van der Waals surface area contributed by atoms with E-state index in [-0.39, 0.29) is 11.4 Å². The van der Waals surface area contributed by atoms with Crippen molar-refractivity contribution in [2.45, 2.75) is 6.42 Å². The average molecular weight is 241 g/mol. The molecule has 2 N–H and O–H groups in total. The van der Waals surface area contributed by atoms with E-state index < -0.39 is 5.82 Å². The Labute approximate surface area is 99.5 Å². The van der Waals surface area contributed by atoms with Crippen LogP contribution in [0.4, 0.5) is 10.1 Å². The molecule has 0 aromatic heterocycles. The smallest absolute Gasteiger partial charge is 0.167 e. The summed E-state index contributed by atoms with van der Waals surface area (Å²) in [5.74, 6) is 0.485. The predicted molar refractivity (Wildman–Crippen MR) is 61.8 cm³/mol. The van der Waals surface area contributed by atoms with E-state index in [1.807, 2.05) is 0 Å². The molecule has 1 aromatic rings. The van der Waals surface area contributed by atoms with Gasteiger partial charge in [0.05, 0.1) is 26.0 Å². The quantitative estimate of drug-likeness (QED) is 0.817. The zero-order valence-corrected chi connectivity index (χ0v) is 9.74. The van der Waals surface area contributed by atoms with Crippen molar-refractivity contribution in [3.8, 4) is 11.5 Å². The second-order valence-electron chi connectivity index (χ2n) is 4.07. The molecule has 1 fully saturated rings. The molecule has 1 aliphatic rings. The van der Waals surface area contributed by atoms with E-state index in [1.54, 1.807) is 0 Å². The van der Waals surface area contributed by atoms with Gasteiger partial charge in [-0.2, -0.15) is 0 Å². The molecule has 1 unspecified atom stereocenters. The first kappa shape index (κ1) is 12.0. The van der Waals surface area contributed by atoms with E-state index in [9.17, 15) is 4.39 Å². The Hall–Kier alpha value is -1.49. The molecule has 1 heterocycles. The van der Waals surface area contributed by atoms with Gasteiger partial charge in [0, 0.05) is 24.7 Å². The highest BCUT2D eigenvalue weighted by atomic mass is 19.1. The second kappa shape index (κ2) is 5.23. The van der Waals surface area contributed by atoms with Crippen LogP contribution in [0, 0.1) is 11.7 Å². The number of halogens is 1. The van der Waals surface area contributed by atoms with Gasteiger partial charge < -0.3 is 19.9 Å². The van der Waals surface area contributed by atoms with Crippen LogP contribution in [-0.2, 0) is 4.74 Å². The van der Waals surface area contributed by atoms with Crippen molar-refractivity contribution < 1.29 is 18.6 Å². The third-order valence-corrected chi connectivity index (χ3v) is 2.78. The molecule has 2 rings (SSSR count). The van der Waals surface area contributed by atoms with Gasteiger partial charge in [0.15, 0.2) is 11.6 Å². The summed E-state index contributed by atoms with van der Waals surface area (Å²) in [6.07, 6.45) is 0.984. The lowest BCUT2D eigenvalue weighted by Gasteiger charge is -2.13. The van der Waals surface area contributed by atoms with E-state index >= 15 is 0 Å². The Morgan fingerprint density at radius 3 is 2.94 bits per heavy atom. The molecule has 0 radical (unpaired) electrons. The van der Waals surface area contributed by atoms with Crippen molar-refractivity contribution in [1.82, 2.24) is 0 Å². The fourth-order valence-electron chi connectivity index (χ4n) is 1.75. The maximum atomic E-state index is 13.3. The SMILES string of the molecule is COc1cc(OCC2CCOC2)c(N)cc1F. The number of ether oxygens (including phenoxy) is 3. The van der Waals surface area contributed by atoms with Crippen molar-refractivity contribution in [2.75, 3.05) is 32.7 Å². The summed E-state index contributed by atoms with van der Waals surface area (Å²) < 4.78 is 29.0. The van der Waals surface area contributed by atoms with E-state index in [0.29, 0.717) is 24.9 Å². The molecular formula is C12H16FNO3. The highest BCUT2D eigenvalue weighted by molar-refractivity contribution is 5.56. The number of rotatable bonds is 4. The zero-order chi connectivity index (χ0) is 12.3. The van der Waals surface area contributed by atoms with Gasteiger partial charge in [0.2, 0.25) is 0 Å². The van der Waals surface area contributed by atoms with Crippen LogP contribution in [0.25, 0.3) is 0 Å². The van der Waals surface area contributed by atoms with Crippen LogP contribution in [-0.4, -0.2) is 26.9 Å². The number of anilines is 1. The predicted octanol–water partition coefficient (Wildman–Crippen LogP) is 1.83. The molecule has 94 valence electrons. The Morgan fingerprint density at radius 1 is 1.47 bits per heavy atom. The topological polar surface area (TPSA) is 53.7 Å². The molecule has 0 spiro atoms. The summed E-state index contributed by atoms with van der Waals surface area (Å²) in [5.41, 5.74) is 5.96.